The van der Waals surface area contributed by atoms with Crippen LogP contribution in [0.4, 0.5) is 17.2 Å². The molecule has 112 valence electrons. The lowest BCUT2D eigenvalue weighted by Gasteiger charge is -2.14. The fourth-order valence-corrected chi connectivity index (χ4v) is 2.74. The van der Waals surface area contributed by atoms with Gasteiger partial charge in [-0.15, -0.1) is 0 Å². The molecule has 2 N–H and O–H groups in total. The average molecular weight is 306 g/mol. The van der Waals surface area contributed by atoms with Crippen molar-refractivity contribution in [1.29, 1.82) is 0 Å². The second-order valence-corrected chi connectivity index (χ2v) is 6.36. The van der Waals surface area contributed by atoms with E-state index >= 15 is 0 Å². The van der Waals surface area contributed by atoms with Crippen LogP contribution < -0.4 is 14.9 Å². The van der Waals surface area contributed by atoms with Crippen molar-refractivity contribution < 1.29 is 8.42 Å². The number of rotatable bonds is 5. The van der Waals surface area contributed by atoms with Crippen LogP contribution in [0.3, 0.4) is 0 Å². The maximum Gasteiger partial charge on any atom is 0.263 e. The molecule has 0 radical (unpaired) electrons. The highest BCUT2D eigenvalue weighted by atomic mass is 32.2. The van der Waals surface area contributed by atoms with Gasteiger partial charge in [0.1, 0.15) is 10.7 Å². The van der Waals surface area contributed by atoms with E-state index in [0.717, 1.165) is 5.69 Å². The molecule has 0 bridgehead atoms. The molecule has 0 aliphatic carbocycles. The first-order valence-corrected chi connectivity index (χ1v) is 7.85. The molecule has 21 heavy (non-hydrogen) atoms. The standard InChI is InChI=1S/C14H18N4O2S/c1-15-14-8-7-13(10-16-14)21(19,20)17-11-5-4-6-12(9-11)18(2)3/h4-10,17H,1-3H3,(H,15,16). The van der Waals surface area contributed by atoms with E-state index in [1.54, 1.807) is 31.3 Å². The highest BCUT2D eigenvalue weighted by Crippen LogP contribution is 2.21. The van der Waals surface area contributed by atoms with Gasteiger partial charge in [-0.2, -0.15) is 0 Å². The number of nitrogens with zero attached hydrogens (tertiary/aromatic N) is 2. The molecule has 6 nitrogen and oxygen atoms in total. The first-order valence-electron chi connectivity index (χ1n) is 6.36. The number of pyridine rings is 1. The van der Waals surface area contributed by atoms with E-state index in [0.29, 0.717) is 11.5 Å². The summed E-state index contributed by atoms with van der Waals surface area (Å²) in [5, 5.41) is 2.84. The molecule has 1 aromatic heterocycles. The molecule has 2 aromatic rings. The van der Waals surface area contributed by atoms with Crippen molar-refractivity contribution in [2.45, 2.75) is 4.90 Å². The number of nitrogens with one attached hydrogen (secondary N) is 2. The van der Waals surface area contributed by atoms with Crippen LogP contribution in [0, 0.1) is 0 Å². The number of aromatic nitrogens is 1. The summed E-state index contributed by atoms with van der Waals surface area (Å²) in [5.74, 6) is 0.614. The molecule has 0 saturated heterocycles. The van der Waals surface area contributed by atoms with Gasteiger partial charge < -0.3 is 10.2 Å². The third kappa shape index (κ3) is 3.63. The first kappa shape index (κ1) is 15.1. The topological polar surface area (TPSA) is 74.3 Å². The molecule has 0 aliphatic heterocycles. The molecule has 0 spiro atoms. The van der Waals surface area contributed by atoms with Crippen molar-refractivity contribution in [3.05, 3.63) is 42.6 Å². The number of hydrogen-bond acceptors (Lipinski definition) is 5. The van der Waals surface area contributed by atoms with Crippen molar-refractivity contribution >= 4 is 27.2 Å². The zero-order valence-electron chi connectivity index (χ0n) is 12.2. The summed E-state index contributed by atoms with van der Waals surface area (Å²) in [4.78, 5) is 6.04. The smallest absolute Gasteiger partial charge is 0.263 e. The van der Waals surface area contributed by atoms with E-state index in [1.807, 2.05) is 25.1 Å². The Bertz CT molecular complexity index is 712. The summed E-state index contributed by atoms with van der Waals surface area (Å²) in [6.07, 6.45) is 1.32. The lowest BCUT2D eigenvalue weighted by Crippen LogP contribution is -2.14. The molecule has 0 atom stereocenters. The Labute approximate surface area is 124 Å². The number of anilines is 3. The Morgan fingerprint density at radius 1 is 1.14 bits per heavy atom. The van der Waals surface area contributed by atoms with Crippen LogP contribution in [0.15, 0.2) is 47.5 Å². The van der Waals surface area contributed by atoms with Gasteiger partial charge in [0.15, 0.2) is 0 Å². The van der Waals surface area contributed by atoms with Crippen LogP contribution in [-0.2, 0) is 10.0 Å². The molecule has 0 fully saturated rings. The van der Waals surface area contributed by atoms with Gasteiger partial charge in [-0.25, -0.2) is 13.4 Å². The van der Waals surface area contributed by atoms with Crippen molar-refractivity contribution in [3.8, 4) is 0 Å². The summed E-state index contributed by atoms with van der Waals surface area (Å²) in [6.45, 7) is 0. The van der Waals surface area contributed by atoms with E-state index in [9.17, 15) is 8.42 Å². The quantitative estimate of drug-likeness (QED) is 0.883. The number of sulfonamides is 1. The predicted molar refractivity (Wildman–Crippen MR) is 85.4 cm³/mol. The Kier molecular flexibility index (Phi) is 4.32. The normalized spacial score (nSPS) is 11.0. The molecule has 1 heterocycles. The van der Waals surface area contributed by atoms with Crippen LogP contribution in [0.5, 0.6) is 0 Å². The monoisotopic (exact) mass is 306 g/mol. The average Bonchev–Trinajstić information content (AvgIpc) is 2.47. The Morgan fingerprint density at radius 3 is 2.48 bits per heavy atom. The van der Waals surface area contributed by atoms with Gasteiger partial charge in [0.2, 0.25) is 0 Å². The summed E-state index contributed by atoms with van der Waals surface area (Å²) in [7, 11) is 1.88. The highest BCUT2D eigenvalue weighted by Gasteiger charge is 2.15. The number of benzene rings is 1. The van der Waals surface area contributed by atoms with Gasteiger partial charge in [-0.05, 0) is 30.3 Å². The second-order valence-electron chi connectivity index (χ2n) is 4.68. The van der Waals surface area contributed by atoms with Gasteiger partial charge in [-0.1, -0.05) is 6.07 Å². The van der Waals surface area contributed by atoms with Gasteiger partial charge in [0.25, 0.3) is 10.0 Å². The highest BCUT2D eigenvalue weighted by molar-refractivity contribution is 7.92. The maximum absolute atomic E-state index is 12.3. The molecule has 2 rings (SSSR count). The fourth-order valence-electron chi connectivity index (χ4n) is 1.75. The van der Waals surface area contributed by atoms with Crippen LogP contribution in [0.25, 0.3) is 0 Å². The molecule has 0 aliphatic rings. The van der Waals surface area contributed by atoms with E-state index < -0.39 is 10.0 Å². The first-order chi connectivity index (χ1) is 9.92. The van der Waals surface area contributed by atoms with Gasteiger partial charge in [0.05, 0.1) is 5.69 Å². The van der Waals surface area contributed by atoms with E-state index in [-0.39, 0.29) is 4.90 Å². The lowest BCUT2D eigenvalue weighted by atomic mass is 10.3. The van der Waals surface area contributed by atoms with Gasteiger partial charge in [0, 0.05) is 33.0 Å². The third-order valence-electron chi connectivity index (χ3n) is 2.92. The molecular formula is C14H18N4O2S. The van der Waals surface area contributed by atoms with Crippen LogP contribution in [0.1, 0.15) is 0 Å². The third-order valence-corrected chi connectivity index (χ3v) is 4.28. The van der Waals surface area contributed by atoms with Gasteiger partial charge in [-0.3, -0.25) is 4.72 Å². The molecule has 0 saturated carbocycles. The Morgan fingerprint density at radius 2 is 1.90 bits per heavy atom. The summed E-state index contributed by atoms with van der Waals surface area (Å²) >= 11 is 0. The Balaban J connectivity index is 2.26. The van der Waals surface area contributed by atoms with Crippen LogP contribution in [-0.4, -0.2) is 34.5 Å². The molecule has 7 heteroatoms. The SMILES string of the molecule is CNc1ccc(S(=O)(=O)Nc2cccc(N(C)C)c2)cn1. The Hall–Kier alpha value is -2.28. The molecule has 0 unspecified atom stereocenters. The van der Waals surface area contributed by atoms with Crippen molar-refractivity contribution in [1.82, 2.24) is 4.98 Å². The van der Waals surface area contributed by atoms with Crippen LogP contribution in [0.2, 0.25) is 0 Å². The second kappa shape index (κ2) is 6.01. The minimum absolute atomic E-state index is 0.122. The van der Waals surface area contributed by atoms with E-state index in [2.05, 4.69) is 15.0 Å². The number of hydrogen-bond donors (Lipinski definition) is 2. The molecular weight excluding hydrogens is 288 g/mol. The summed E-state index contributed by atoms with van der Waals surface area (Å²) < 4.78 is 27.1. The predicted octanol–water partition coefficient (Wildman–Crippen LogP) is 1.99. The van der Waals surface area contributed by atoms with Crippen LogP contribution >= 0.6 is 0 Å². The molecule has 0 amide bonds. The minimum atomic E-state index is -3.64. The van der Waals surface area contributed by atoms with E-state index in [1.165, 1.54) is 12.3 Å². The van der Waals surface area contributed by atoms with Crippen molar-refractivity contribution in [3.63, 3.8) is 0 Å². The fraction of sp³-hybridized carbons (Fsp3) is 0.214. The van der Waals surface area contributed by atoms with Gasteiger partial charge >= 0.3 is 0 Å². The zero-order chi connectivity index (χ0) is 15.5. The summed E-state index contributed by atoms with van der Waals surface area (Å²) in [6, 6.07) is 10.3. The molecule has 1 aromatic carbocycles. The maximum atomic E-state index is 12.3. The minimum Gasteiger partial charge on any atom is -0.378 e. The van der Waals surface area contributed by atoms with Crippen molar-refractivity contribution in [2.75, 3.05) is 36.1 Å². The zero-order valence-corrected chi connectivity index (χ0v) is 13.0. The summed E-state index contributed by atoms with van der Waals surface area (Å²) in [5.41, 5.74) is 1.43. The lowest BCUT2D eigenvalue weighted by molar-refractivity contribution is 0.601. The largest absolute Gasteiger partial charge is 0.378 e. The van der Waals surface area contributed by atoms with E-state index in [4.69, 9.17) is 0 Å². The van der Waals surface area contributed by atoms with Crippen molar-refractivity contribution in [2.24, 2.45) is 0 Å².